The van der Waals surface area contributed by atoms with Gasteiger partial charge in [0.05, 0.1) is 5.60 Å². The Morgan fingerprint density at radius 2 is 1.81 bits per heavy atom. The minimum absolute atomic E-state index is 0.498. The third-order valence-electron chi connectivity index (χ3n) is 6.23. The highest BCUT2D eigenvalue weighted by molar-refractivity contribution is 5.10. The lowest BCUT2D eigenvalue weighted by atomic mass is 9.49. The molecule has 4 nitrogen and oxygen atoms in total. The number of aromatic nitrogens is 3. The molecule has 1 heterocycles. The monoisotopic (exact) mass is 289 g/mol. The van der Waals surface area contributed by atoms with E-state index in [1.807, 2.05) is 4.68 Å². The molecular weight excluding hydrogens is 262 g/mol. The van der Waals surface area contributed by atoms with Gasteiger partial charge in [0, 0.05) is 13.0 Å². The van der Waals surface area contributed by atoms with Crippen LogP contribution < -0.4 is 0 Å². The summed E-state index contributed by atoms with van der Waals surface area (Å²) < 4.78 is 2.01. The van der Waals surface area contributed by atoms with Crippen LogP contribution in [0.15, 0.2) is 6.33 Å². The Labute approximate surface area is 127 Å². The minimum atomic E-state index is -0.519. The first-order valence-electron chi connectivity index (χ1n) is 8.63. The summed E-state index contributed by atoms with van der Waals surface area (Å²) in [6.45, 7) is 5.29. The quantitative estimate of drug-likeness (QED) is 0.927. The van der Waals surface area contributed by atoms with Gasteiger partial charge in [-0.05, 0) is 61.7 Å². The van der Waals surface area contributed by atoms with Gasteiger partial charge in [-0.1, -0.05) is 13.8 Å². The molecule has 0 saturated heterocycles. The average molecular weight is 289 g/mol. The molecule has 4 aliphatic carbocycles. The van der Waals surface area contributed by atoms with E-state index < -0.39 is 5.60 Å². The second-order valence-corrected chi connectivity index (χ2v) is 8.22. The fourth-order valence-electron chi connectivity index (χ4n) is 5.47. The topological polar surface area (TPSA) is 50.9 Å². The third kappa shape index (κ3) is 2.23. The van der Waals surface area contributed by atoms with E-state index in [4.69, 9.17) is 0 Å². The van der Waals surface area contributed by atoms with Crippen LogP contribution in [0.1, 0.15) is 51.8 Å². The Morgan fingerprint density at radius 3 is 2.38 bits per heavy atom. The molecule has 4 heteroatoms. The summed E-state index contributed by atoms with van der Waals surface area (Å²) in [6, 6.07) is 0. The van der Waals surface area contributed by atoms with Gasteiger partial charge in [-0.15, -0.1) is 0 Å². The molecule has 0 atom stereocenters. The van der Waals surface area contributed by atoms with Gasteiger partial charge >= 0.3 is 0 Å². The zero-order chi connectivity index (χ0) is 14.6. The molecule has 4 bridgehead atoms. The number of nitrogens with zero attached hydrogens (tertiary/aromatic N) is 3. The van der Waals surface area contributed by atoms with Crippen molar-refractivity contribution in [3.05, 3.63) is 12.2 Å². The van der Waals surface area contributed by atoms with Crippen molar-refractivity contribution >= 4 is 0 Å². The van der Waals surface area contributed by atoms with E-state index in [-0.39, 0.29) is 0 Å². The molecule has 0 aromatic carbocycles. The fraction of sp³-hybridized carbons (Fsp3) is 0.882. The van der Waals surface area contributed by atoms with Crippen molar-refractivity contribution in [3.8, 4) is 0 Å². The largest absolute Gasteiger partial charge is 0.389 e. The lowest BCUT2D eigenvalue weighted by molar-refractivity contribution is -0.172. The van der Waals surface area contributed by atoms with Crippen molar-refractivity contribution in [2.75, 3.05) is 0 Å². The van der Waals surface area contributed by atoms with Crippen LogP contribution >= 0.6 is 0 Å². The second-order valence-electron chi connectivity index (χ2n) is 8.22. The predicted molar refractivity (Wildman–Crippen MR) is 80.6 cm³/mol. The number of hydrogen-bond donors (Lipinski definition) is 1. The van der Waals surface area contributed by atoms with Crippen molar-refractivity contribution in [1.29, 1.82) is 0 Å². The summed E-state index contributed by atoms with van der Waals surface area (Å²) in [5, 5.41) is 15.8. The molecule has 21 heavy (non-hydrogen) atoms. The number of hydrogen-bond acceptors (Lipinski definition) is 3. The van der Waals surface area contributed by atoms with Crippen LogP contribution in [-0.4, -0.2) is 25.5 Å². The van der Waals surface area contributed by atoms with Crippen LogP contribution in [0.3, 0.4) is 0 Å². The molecule has 4 fully saturated rings. The third-order valence-corrected chi connectivity index (χ3v) is 6.23. The van der Waals surface area contributed by atoms with Gasteiger partial charge in [0.2, 0.25) is 0 Å². The molecule has 0 amide bonds. The molecule has 1 aromatic rings. The van der Waals surface area contributed by atoms with E-state index in [9.17, 15) is 5.11 Å². The minimum Gasteiger partial charge on any atom is -0.389 e. The molecule has 0 radical (unpaired) electrons. The van der Waals surface area contributed by atoms with E-state index in [2.05, 4.69) is 23.9 Å². The van der Waals surface area contributed by atoms with Crippen LogP contribution in [0.2, 0.25) is 0 Å². The maximum Gasteiger partial charge on any atom is 0.138 e. The van der Waals surface area contributed by atoms with Crippen LogP contribution in [0.5, 0.6) is 0 Å². The van der Waals surface area contributed by atoms with Gasteiger partial charge in [0.1, 0.15) is 12.2 Å². The standard InChI is InChI=1S/C17H27N3O/c1-11(2)9-20-16(18-10-19-20)8-17(21)14-4-12-3-13(6-14)7-15(17)5-12/h10-15,21H,3-9H2,1-2H3. The first-order chi connectivity index (χ1) is 10.0. The highest BCUT2D eigenvalue weighted by Gasteiger charge is 2.56. The maximum absolute atomic E-state index is 11.4. The lowest BCUT2D eigenvalue weighted by Gasteiger charge is -2.58. The summed E-state index contributed by atoms with van der Waals surface area (Å²) in [5.74, 6) is 4.32. The Hall–Kier alpha value is -0.900. The Balaban J connectivity index is 1.58. The van der Waals surface area contributed by atoms with Crippen molar-refractivity contribution in [1.82, 2.24) is 14.8 Å². The van der Waals surface area contributed by atoms with Crippen LogP contribution in [-0.2, 0) is 13.0 Å². The summed E-state index contributed by atoms with van der Waals surface area (Å²) in [7, 11) is 0. The van der Waals surface area contributed by atoms with Crippen molar-refractivity contribution < 1.29 is 5.11 Å². The van der Waals surface area contributed by atoms with Gasteiger partial charge in [0.25, 0.3) is 0 Å². The lowest BCUT2D eigenvalue weighted by Crippen LogP contribution is -2.59. The first kappa shape index (κ1) is 13.7. The maximum atomic E-state index is 11.4. The van der Waals surface area contributed by atoms with Crippen LogP contribution in [0.4, 0.5) is 0 Å². The van der Waals surface area contributed by atoms with E-state index in [1.165, 1.54) is 32.1 Å². The highest BCUT2D eigenvalue weighted by Crippen LogP contribution is 2.58. The number of aliphatic hydroxyl groups is 1. The normalized spacial score (nSPS) is 41.1. The van der Waals surface area contributed by atoms with E-state index in [0.717, 1.165) is 24.2 Å². The first-order valence-corrected chi connectivity index (χ1v) is 8.63. The smallest absolute Gasteiger partial charge is 0.138 e. The summed E-state index contributed by atoms with van der Waals surface area (Å²) in [5.41, 5.74) is -0.519. The second kappa shape index (κ2) is 4.80. The Bertz CT molecular complexity index is 494. The molecule has 4 saturated carbocycles. The summed E-state index contributed by atoms with van der Waals surface area (Å²) >= 11 is 0. The van der Waals surface area contributed by atoms with Crippen molar-refractivity contribution in [2.45, 2.75) is 64.5 Å². The van der Waals surface area contributed by atoms with Crippen molar-refractivity contribution in [3.63, 3.8) is 0 Å². The van der Waals surface area contributed by atoms with E-state index in [1.54, 1.807) is 6.33 Å². The zero-order valence-corrected chi connectivity index (χ0v) is 13.2. The molecule has 1 aromatic heterocycles. The summed E-state index contributed by atoms with van der Waals surface area (Å²) in [6.07, 6.45) is 8.73. The highest BCUT2D eigenvalue weighted by atomic mass is 16.3. The van der Waals surface area contributed by atoms with Crippen molar-refractivity contribution in [2.24, 2.45) is 29.6 Å². The molecule has 0 aliphatic heterocycles. The zero-order valence-electron chi connectivity index (χ0n) is 13.2. The molecule has 0 spiro atoms. The molecule has 0 unspecified atom stereocenters. The summed E-state index contributed by atoms with van der Waals surface area (Å²) in [4.78, 5) is 4.46. The Morgan fingerprint density at radius 1 is 1.19 bits per heavy atom. The molecule has 5 rings (SSSR count). The average Bonchev–Trinajstić information content (AvgIpc) is 2.82. The number of rotatable bonds is 4. The van der Waals surface area contributed by atoms with E-state index >= 15 is 0 Å². The molecular formula is C17H27N3O. The van der Waals surface area contributed by atoms with E-state index in [0.29, 0.717) is 24.2 Å². The van der Waals surface area contributed by atoms with Gasteiger partial charge in [-0.3, -0.25) is 0 Å². The molecule has 4 aliphatic rings. The molecule has 1 N–H and O–H groups in total. The SMILES string of the molecule is CC(C)Cn1ncnc1CC1(O)C2CC3CC(C2)CC1C3. The van der Waals surface area contributed by atoms with Crippen LogP contribution in [0, 0.1) is 29.6 Å². The van der Waals surface area contributed by atoms with Gasteiger partial charge in [-0.25, -0.2) is 9.67 Å². The fourth-order valence-corrected chi connectivity index (χ4v) is 5.47. The van der Waals surface area contributed by atoms with Gasteiger partial charge in [-0.2, -0.15) is 5.10 Å². The van der Waals surface area contributed by atoms with Gasteiger partial charge in [0.15, 0.2) is 0 Å². The Kier molecular flexibility index (Phi) is 3.14. The van der Waals surface area contributed by atoms with Gasteiger partial charge < -0.3 is 5.11 Å². The van der Waals surface area contributed by atoms with Crippen LogP contribution in [0.25, 0.3) is 0 Å². The predicted octanol–water partition coefficient (Wildman–Crippen LogP) is 2.66. The molecule has 116 valence electrons.